The van der Waals surface area contributed by atoms with Gasteiger partial charge in [-0.05, 0) is 16.8 Å². The van der Waals surface area contributed by atoms with Crippen LogP contribution in [0.5, 0.6) is 0 Å². The second kappa shape index (κ2) is 8.80. The molecule has 2 rings (SSSR count). The molecule has 1 aliphatic rings. The van der Waals surface area contributed by atoms with E-state index >= 15 is 0 Å². The first kappa shape index (κ1) is 16.8. The molecule has 0 aliphatic heterocycles. The minimum absolute atomic E-state index is 0. The Balaban J connectivity index is 0.00000220. The fraction of sp³-hybridized carbons (Fsp3) is 0.188. The maximum Gasteiger partial charge on any atom is 0.334 e. The van der Waals surface area contributed by atoms with Gasteiger partial charge in [0.1, 0.15) is 13.7 Å². The van der Waals surface area contributed by atoms with E-state index in [0.717, 1.165) is 11.1 Å². The minimum Gasteiger partial charge on any atom is -0.457 e. The number of hydrogen-bond acceptors (Lipinski definition) is 4. The van der Waals surface area contributed by atoms with Crippen LogP contribution in [0.3, 0.4) is 0 Å². The molecule has 4 nitrogen and oxygen atoms in total. The monoisotopic (exact) mass is 305 g/mol. The number of halogens is 1. The number of nitrogens with zero attached hydrogens (tertiary/aromatic N) is 1. The summed E-state index contributed by atoms with van der Waals surface area (Å²) in [5.41, 5.74) is 2.32. The maximum absolute atomic E-state index is 12.0. The fourth-order valence-corrected chi connectivity index (χ4v) is 1.74. The Morgan fingerprint density at radius 2 is 2.10 bits per heavy atom. The van der Waals surface area contributed by atoms with Gasteiger partial charge in [-0.1, -0.05) is 42.5 Å². The van der Waals surface area contributed by atoms with Crippen molar-refractivity contribution in [2.45, 2.75) is 13.0 Å². The molecular formula is C16H16ClNO3. The van der Waals surface area contributed by atoms with Gasteiger partial charge in [0.2, 0.25) is 0 Å². The average Bonchev–Trinajstić information content (AvgIpc) is 2.52. The molecular weight excluding hydrogens is 290 g/mol. The van der Waals surface area contributed by atoms with Crippen LogP contribution in [0.25, 0.3) is 0 Å². The predicted molar refractivity (Wildman–Crippen MR) is 83.3 cm³/mol. The zero-order chi connectivity index (χ0) is 14.2. The Morgan fingerprint density at radius 3 is 2.81 bits per heavy atom. The lowest BCUT2D eigenvalue weighted by atomic mass is 10.0. The zero-order valence-corrected chi connectivity index (χ0v) is 12.4. The predicted octanol–water partition coefficient (Wildman–Crippen LogP) is 3.20. The first-order chi connectivity index (χ1) is 9.79. The van der Waals surface area contributed by atoms with Gasteiger partial charge in [0.05, 0.1) is 0 Å². The molecule has 110 valence electrons. The topological polar surface area (TPSA) is 47.9 Å². The van der Waals surface area contributed by atoms with Crippen molar-refractivity contribution in [2.75, 3.05) is 7.11 Å². The van der Waals surface area contributed by atoms with Gasteiger partial charge in [0.25, 0.3) is 0 Å². The van der Waals surface area contributed by atoms with E-state index in [9.17, 15) is 4.79 Å². The first-order valence-electron chi connectivity index (χ1n) is 6.23. The Kier molecular flexibility index (Phi) is 7.02. The van der Waals surface area contributed by atoms with Gasteiger partial charge < -0.3 is 9.57 Å². The summed E-state index contributed by atoms with van der Waals surface area (Å²) in [7, 11) is 1.45. The molecule has 21 heavy (non-hydrogen) atoms. The molecule has 5 heteroatoms. The van der Waals surface area contributed by atoms with Gasteiger partial charge in [-0.25, -0.2) is 4.79 Å². The fourth-order valence-electron chi connectivity index (χ4n) is 1.74. The lowest BCUT2D eigenvalue weighted by molar-refractivity contribution is -0.140. The van der Waals surface area contributed by atoms with Crippen LogP contribution in [-0.4, -0.2) is 18.9 Å². The van der Waals surface area contributed by atoms with Gasteiger partial charge in [-0.2, -0.15) is 0 Å². The molecule has 0 saturated carbocycles. The molecule has 0 saturated heterocycles. The van der Waals surface area contributed by atoms with Crippen molar-refractivity contribution in [3.05, 3.63) is 65.3 Å². The molecule has 0 bridgehead atoms. The lowest BCUT2D eigenvalue weighted by Gasteiger charge is -2.10. The van der Waals surface area contributed by atoms with Gasteiger partial charge in [-0.3, -0.25) is 0 Å². The number of carbonyl (C=O) groups is 1. The highest BCUT2D eigenvalue weighted by atomic mass is 35.5. The van der Waals surface area contributed by atoms with Crippen LogP contribution in [0.1, 0.15) is 12.0 Å². The molecule has 0 atom stereocenters. The van der Waals surface area contributed by atoms with Gasteiger partial charge in [0, 0.05) is 23.4 Å². The Morgan fingerprint density at radius 1 is 1.33 bits per heavy atom. The Labute approximate surface area is 129 Å². The largest absolute Gasteiger partial charge is 0.457 e. The van der Waals surface area contributed by atoms with Crippen molar-refractivity contribution in [2.24, 2.45) is 5.16 Å². The lowest BCUT2D eigenvalue weighted by Crippen LogP contribution is -2.10. The molecule has 0 spiro atoms. The summed E-state index contributed by atoms with van der Waals surface area (Å²) in [6.07, 6.45) is 5.79. The van der Waals surface area contributed by atoms with Gasteiger partial charge >= 0.3 is 5.97 Å². The van der Waals surface area contributed by atoms with Crippen LogP contribution in [0.4, 0.5) is 0 Å². The SMILES string of the molecule is CON=C=C1C=CC=C(C(=O)OCc2ccccc2)C1.Cl. The number of rotatable bonds is 4. The molecule has 0 fully saturated rings. The summed E-state index contributed by atoms with van der Waals surface area (Å²) in [5.74, 6) is 2.39. The van der Waals surface area contributed by atoms with Crippen molar-refractivity contribution in [3.8, 4) is 0 Å². The number of allylic oxidation sites excluding steroid dienone is 4. The summed E-state index contributed by atoms with van der Waals surface area (Å²) in [4.78, 5) is 16.5. The third-order valence-electron chi connectivity index (χ3n) is 2.73. The summed E-state index contributed by atoms with van der Waals surface area (Å²) < 4.78 is 5.28. The van der Waals surface area contributed by atoms with Crippen LogP contribution >= 0.6 is 12.4 Å². The number of carbonyl (C=O) groups excluding carboxylic acids is 1. The van der Waals surface area contributed by atoms with E-state index in [2.05, 4.69) is 15.9 Å². The molecule has 1 aromatic carbocycles. The number of esters is 1. The molecule has 0 aromatic heterocycles. The highest BCUT2D eigenvalue weighted by Crippen LogP contribution is 2.17. The maximum atomic E-state index is 12.0. The summed E-state index contributed by atoms with van der Waals surface area (Å²) in [6, 6.07) is 9.58. The highest BCUT2D eigenvalue weighted by molar-refractivity contribution is 5.90. The second-order valence-corrected chi connectivity index (χ2v) is 4.20. The zero-order valence-electron chi connectivity index (χ0n) is 11.6. The summed E-state index contributed by atoms with van der Waals surface area (Å²) in [6.45, 7) is 0.270. The molecule has 1 aromatic rings. The van der Waals surface area contributed by atoms with Crippen molar-refractivity contribution in [3.63, 3.8) is 0 Å². The van der Waals surface area contributed by atoms with Crippen LogP contribution in [0, 0.1) is 0 Å². The van der Waals surface area contributed by atoms with Crippen molar-refractivity contribution in [1.29, 1.82) is 0 Å². The minimum atomic E-state index is -0.324. The first-order valence-corrected chi connectivity index (χ1v) is 6.23. The normalized spacial score (nSPS) is 12.6. The van der Waals surface area contributed by atoms with E-state index in [4.69, 9.17) is 4.74 Å². The summed E-state index contributed by atoms with van der Waals surface area (Å²) >= 11 is 0. The van der Waals surface area contributed by atoms with Crippen LogP contribution in [0.15, 0.2) is 64.9 Å². The quantitative estimate of drug-likeness (QED) is 0.487. The van der Waals surface area contributed by atoms with Gasteiger partial charge in [0.15, 0.2) is 0 Å². The molecule has 0 N–H and O–H groups in total. The van der Waals surface area contributed by atoms with Crippen molar-refractivity contribution in [1.82, 2.24) is 0 Å². The number of hydrogen-bond donors (Lipinski definition) is 0. The average molecular weight is 306 g/mol. The van der Waals surface area contributed by atoms with E-state index in [1.165, 1.54) is 7.11 Å². The number of benzene rings is 1. The van der Waals surface area contributed by atoms with E-state index in [-0.39, 0.29) is 25.0 Å². The van der Waals surface area contributed by atoms with Crippen LogP contribution in [-0.2, 0) is 21.0 Å². The third-order valence-corrected chi connectivity index (χ3v) is 2.73. The van der Waals surface area contributed by atoms with Gasteiger partial charge in [-0.15, -0.1) is 12.4 Å². The van der Waals surface area contributed by atoms with E-state index in [1.54, 1.807) is 12.2 Å². The molecule has 0 heterocycles. The van der Waals surface area contributed by atoms with Crippen LogP contribution in [0.2, 0.25) is 0 Å². The molecule has 0 amide bonds. The van der Waals surface area contributed by atoms with E-state index in [1.807, 2.05) is 36.4 Å². The van der Waals surface area contributed by atoms with E-state index < -0.39 is 0 Å². The Hall–Kier alpha value is -2.29. The standard InChI is InChI=1S/C16H15NO3.ClH/c1-19-17-11-14-8-5-9-15(10-14)16(18)20-12-13-6-3-2-4-7-13;/h2-9H,10,12H2,1H3;1H. The Bertz CT molecular complexity index is 599. The van der Waals surface area contributed by atoms with Crippen LogP contribution < -0.4 is 0 Å². The third kappa shape index (κ3) is 5.30. The number of ether oxygens (including phenoxy) is 1. The van der Waals surface area contributed by atoms with Crippen molar-refractivity contribution < 1.29 is 14.4 Å². The second-order valence-electron chi connectivity index (χ2n) is 4.20. The molecule has 0 unspecified atom stereocenters. The van der Waals surface area contributed by atoms with Crippen molar-refractivity contribution >= 4 is 24.2 Å². The molecule has 0 radical (unpaired) electrons. The smallest absolute Gasteiger partial charge is 0.334 e. The molecule has 1 aliphatic carbocycles. The van der Waals surface area contributed by atoms with E-state index in [0.29, 0.717) is 12.0 Å². The highest BCUT2D eigenvalue weighted by Gasteiger charge is 2.14. The summed E-state index contributed by atoms with van der Waals surface area (Å²) in [5, 5.41) is 3.57.